The Morgan fingerprint density at radius 1 is 1.06 bits per heavy atom. The molecule has 16 heavy (non-hydrogen) atoms. The fourth-order valence-corrected chi connectivity index (χ4v) is 2.33. The van der Waals surface area contributed by atoms with E-state index in [-0.39, 0.29) is 0 Å². The number of nitrogens with two attached hydrogens (primary N) is 1. The molecule has 3 nitrogen and oxygen atoms in total. The van der Waals surface area contributed by atoms with Crippen LogP contribution in [0.4, 0.5) is 0 Å². The zero-order chi connectivity index (χ0) is 11.8. The first-order valence-corrected chi connectivity index (χ1v) is 6.69. The number of hydrogen-bond acceptors (Lipinski definition) is 3. The maximum Gasteiger partial charge on any atom is 0.0624 e. The number of unbranched alkanes of at least 4 members (excludes halogenated alkanes) is 3. The zero-order valence-electron chi connectivity index (χ0n) is 10.8. The minimum absolute atomic E-state index is 0.353. The fourth-order valence-electron chi connectivity index (χ4n) is 2.33. The topological polar surface area (TPSA) is 44.5 Å². The molecule has 0 spiro atoms. The summed E-state index contributed by atoms with van der Waals surface area (Å²) in [7, 11) is 0. The summed E-state index contributed by atoms with van der Waals surface area (Å²) in [6.45, 7) is 5.98. The summed E-state index contributed by atoms with van der Waals surface area (Å²) in [4.78, 5) is 0. The Kier molecular flexibility index (Phi) is 7.01. The third-order valence-corrected chi connectivity index (χ3v) is 3.11. The van der Waals surface area contributed by atoms with Crippen LogP contribution in [0.1, 0.15) is 52.4 Å². The van der Waals surface area contributed by atoms with Gasteiger partial charge in [-0.3, -0.25) is 0 Å². The molecule has 2 unspecified atom stereocenters. The molecule has 0 aromatic rings. The maximum atomic E-state index is 5.89. The minimum Gasteiger partial charge on any atom is -0.378 e. The van der Waals surface area contributed by atoms with Crippen LogP contribution in [0, 0.1) is 0 Å². The van der Waals surface area contributed by atoms with Crippen LogP contribution >= 0.6 is 0 Å². The molecule has 0 radical (unpaired) electrons. The van der Waals surface area contributed by atoms with Crippen molar-refractivity contribution in [3.8, 4) is 0 Å². The van der Waals surface area contributed by atoms with Crippen molar-refractivity contribution in [2.24, 2.45) is 5.73 Å². The van der Waals surface area contributed by atoms with Crippen molar-refractivity contribution >= 4 is 0 Å². The first-order valence-electron chi connectivity index (χ1n) is 6.69. The molecule has 2 atom stereocenters. The van der Waals surface area contributed by atoms with E-state index in [9.17, 15) is 0 Å². The molecule has 0 saturated carbocycles. The van der Waals surface area contributed by atoms with Gasteiger partial charge in [0.25, 0.3) is 0 Å². The van der Waals surface area contributed by atoms with Crippen molar-refractivity contribution in [1.82, 2.24) is 0 Å². The average Bonchev–Trinajstić information content (AvgIpc) is 2.22. The van der Waals surface area contributed by atoms with Gasteiger partial charge in [-0.05, 0) is 46.1 Å². The number of ether oxygens (including phenoxy) is 2. The molecule has 1 heterocycles. The molecule has 0 aromatic heterocycles. The highest BCUT2D eigenvalue weighted by Crippen LogP contribution is 2.21. The summed E-state index contributed by atoms with van der Waals surface area (Å²) in [5.41, 5.74) is 5.45. The highest BCUT2D eigenvalue weighted by atomic mass is 16.5. The number of hydrogen-bond donors (Lipinski definition) is 1. The van der Waals surface area contributed by atoms with Crippen molar-refractivity contribution in [1.29, 1.82) is 0 Å². The molecule has 0 aromatic carbocycles. The predicted molar refractivity (Wildman–Crippen MR) is 66.5 cm³/mol. The predicted octanol–water partition coefficient (Wildman–Crippen LogP) is 2.48. The van der Waals surface area contributed by atoms with Gasteiger partial charge in [0, 0.05) is 6.61 Å². The van der Waals surface area contributed by atoms with Gasteiger partial charge in [0.2, 0.25) is 0 Å². The smallest absolute Gasteiger partial charge is 0.0624 e. The third kappa shape index (κ3) is 5.83. The first kappa shape index (κ1) is 13.9. The largest absolute Gasteiger partial charge is 0.378 e. The molecular weight excluding hydrogens is 202 g/mol. The summed E-state index contributed by atoms with van der Waals surface area (Å²) in [6, 6.07) is 0. The average molecular weight is 229 g/mol. The second-order valence-corrected chi connectivity index (χ2v) is 4.92. The SMILES string of the molecule is CC1CC(OCCCCCCN)CC(C)O1. The molecule has 96 valence electrons. The third-order valence-electron chi connectivity index (χ3n) is 3.11. The lowest BCUT2D eigenvalue weighted by atomic mass is 10.0. The van der Waals surface area contributed by atoms with Gasteiger partial charge < -0.3 is 15.2 Å². The molecule has 1 fully saturated rings. The van der Waals surface area contributed by atoms with Crippen molar-refractivity contribution in [2.75, 3.05) is 13.2 Å². The summed E-state index contributed by atoms with van der Waals surface area (Å²) >= 11 is 0. The van der Waals surface area contributed by atoms with Crippen LogP contribution in [0.25, 0.3) is 0 Å². The second-order valence-electron chi connectivity index (χ2n) is 4.92. The first-order chi connectivity index (χ1) is 7.72. The van der Waals surface area contributed by atoms with Crippen molar-refractivity contribution in [3.63, 3.8) is 0 Å². The Morgan fingerprint density at radius 3 is 2.31 bits per heavy atom. The number of rotatable bonds is 7. The van der Waals surface area contributed by atoms with E-state index in [1.807, 2.05) is 0 Å². The van der Waals surface area contributed by atoms with E-state index in [1.165, 1.54) is 19.3 Å². The van der Waals surface area contributed by atoms with Gasteiger partial charge in [-0.2, -0.15) is 0 Å². The Morgan fingerprint density at radius 2 is 1.69 bits per heavy atom. The van der Waals surface area contributed by atoms with Crippen LogP contribution in [0.2, 0.25) is 0 Å². The highest BCUT2D eigenvalue weighted by molar-refractivity contribution is 4.73. The van der Waals surface area contributed by atoms with Crippen LogP contribution < -0.4 is 5.73 Å². The summed E-state index contributed by atoms with van der Waals surface area (Å²) in [5.74, 6) is 0. The van der Waals surface area contributed by atoms with Gasteiger partial charge in [0.05, 0.1) is 18.3 Å². The molecule has 1 saturated heterocycles. The molecular formula is C13H27NO2. The highest BCUT2D eigenvalue weighted by Gasteiger charge is 2.24. The molecule has 2 N–H and O–H groups in total. The molecule has 1 rings (SSSR count). The fraction of sp³-hybridized carbons (Fsp3) is 1.00. The van der Waals surface area contributed by atoms with Gasteiger partial charge in [0.1, 0.15) is 0 Å². The van der Waals surface area contributed by atoms with Crippen LogP contribution in [0.5, 0.6) is 0 Å². The summed E-state index contributed by atoms with van der Waals surface area (Å²) < 4.78 is 11.6. The standard InChI is InChI=1S/C13H27NO2/c1-11-9-13(10-12(2)16-11)15-8-6-4-3-5-7-14/h11-13H,3-10,14H2,1-2H3. The molecule has 0 aliphatic carbocycles. The van der Waals surface area contributed by atoms with Crippen LogP contribution in [-0.4, -0.2) is 31.5 Å². The second kappa shape index (κ2) is 8.04. The van der Waals surface area contributed by atoms with Gasteiger partial charge in [0.15, 0.2) is 0 Å². The Bertz CT molecular complexity index is 165. The lowest BCUT2D eigenvalue weighted by Crippen LogP contribution is -2.34. The summed E-state index contributed by atoms with van der Waals surface area (Å²) in [5, 5.41) is 0. The van der Waals surface area contributed by atoms with E-state index < -0.39 is 0 Å². The van der Waals surface area contributed by atoms with Crippen molar-refractivity contribution in [3.05, 3.63) is 0 Å². The van der Waals surface area contributed by atoms with E-state index in [4.69, 9.17) is 15.2 Å². The Hall–Kier alpha value is -0.120. The normalized spacial score (nSPS) is 30.6. The van der Waals surface area contributed by atoms with Gasteiger partial charge >= 0.3 is 0 Å². The van der Waals surface area contributed by atoms with E-state index in [1.54, 1.807) is 0 Å². The van der Waals surface area contributed by atoms with E-state index in [2.05, 4.69) is 13.8 Å². The van der Waals surface area contributed by atoms with E-state index >= 15 is 0 Å². The minimum atomic E-state index is 0.353. The molecule has 3 heteroatoms. The van der Waals surface area contributed by atoms with Crippen LogP contribution in [0.15, 0.2) is 0 Å². The molecule has 0 bridgehead atoms. The van der Waals surface area contributed by atoms with Gasteiger partial charge in [-0.15, -0.1) is 0 Å². The molecule has 1 aliphatic rings. The van der Waals surface area contributed by atoms with Crippen molar-refractivity contribution < 1.29 is 9.47 Å². The summed E-state index contributed by atoms with van der Waals surface area (Å²) in [6.07, 6.45) is 8.00. The zero-order valence-corrected chi connectivity index (χ0v) is 10.8. The lowest BCUT2D eigenvalue weighted by molar-refractivity contribution is -0.102. The monoisotopic (exact) mass is 229 g/mol. The van der Waals surface area contributed by atoms with Crippen LogP contribution in [-0.2, 0) is 9.47 Å². The van der Waals surface area contributed by atoms with Crippen molar-refractivity contribution in [2.45, 2.75) is 70.7 Å². The lowest BCUT2D eigenvalue weighted by Gasteiger charge is -2.32. The van der Waals surface area contributed by atoms with Crippen LogP contribution in [0.3, 0.4) is 0 Å². The van der Waals surface area contributed by atoms with Gasteiger partial charge in [-0.1, -0.05) is 12.8 Å². The molecule has 1 aliphatic heterocycles. The van der Waals surface area contributed by atoms with Gasteiger partial charge in [-0.25, -0.2) is 0 Å². The molecule has 0 amide bonds. The van der Waals surface area contributed by atoms with E-state index in [0.29, 0.717) is 18.3 Å². The van der Waals surface area contributed by atoms with E-state index in [0.717, 1.165) is 32.4 Å². The maximum absolute atomic E-state index is 5.89. The quantitative estimate of drug-likeness (QED) is 0.682. The Balaban J connectivity index is 1.99. The Labute approximate surface area is 99.7 Å².